The third kappa shape index (κ3) is 5.54. The monoisotopic (exact) mass is 486 g/mol. The highest BCUT2D eigenvalue weighted by atomic mass is 35.5. The topological polar surface area (TPSA) is 79.3 Å². The molecule has 1 saturated heterocycles. The molecule has 0 aromatic heterocycles. The van der Waals surface area contributed by atoms with E-state index in [1.165, 1.54) is 4.90 Å². The molecule has 1 aliphatic heterocycles. The van der Waals surface area contributed by atoms with Gasteiger partial charge in [-0.1, -0.05) is 30.7 Å². The van der Waals surface area contributed by atoms with Gasteiger partial charge in [-0.05, 0) is 63.3 Å². The van der Waals surface area contributed by atoms with Crippen molar-refractivity contribution in [2.75, 3.05) is 40.4 Å². The number of likely N-dealkylation sites (N-methyl/N-ethyl adjacent to an activating group) is 1. The molecular formula is C26H31ClN2O5. The number of Topliss-reactive ketones (excluding diaryl/α,β-unsaturated/α-hetero) is 1. The molecule has 1 atom stereocenters. The molecule has 1 heterocycles. The predicted molar refractivity (Wildman–Crippen MR) is 132 cm³/mol. The van der Waals surface area contributed by atoms with Crippen LogP contribution in [0.1, 0.15) is 37.4 Å². The van der Waals surface area contributed by atoms with E-state index in [1.807, 2.05) is 51.0 Å². The fraction of sp³-hybridized carbons (Fsp3) is 0.385. The summed E-state index contributed by atoms with van der Waals surface area (Å²) in [4.78, 5) is 29.7. The minimum atomic E-state index is -0.781. The van der Waals surface area contributed by atoms with Crippen LogP contribution < -0.4 is 9.47 Å². The normalized spacial score (nSPS) is 17.5. The van der Waals surface area contributed by atoms with Crippen LogP contribution in [0.2, 0.25) is 5.02 Å². The number of benzene rings is 2. The summed E-state index contributed by atoms with van der Waals surface area (Å²) in [7, 11) is 3.79. The number of ketones is 1. The van der Waals surface area contributed by atoms with E-state index in [1.54, 1.807) is 24.3 Å². The highest BCUT2D eigenvalue weighted by Gasteiger charge is 2.46. The van der Waals surface area contributed by atoms with Crippen LogP contribution in [0.15, 0.2) is 48.0 Å². The van der Waals surface area contributed by atoms with Crippen molar-refractivity contribution in [2.45, 2.75) is 26.3 Å². The standard InChI is InChI=1S/C26H31ClN2O5/c1-5-14-34-18-9-7-8-17(15-18)23-22(25(31)26(32)29(23)13-12-28(3)4)24(30)20-16-19(33-6-2)10-11-21(20)27/h7-11,15-16,23,30H,5-6,12-14H2,1-4H3/b24-22+. The molecule has 182 valence electrons. The van der Waals surface area contributed by atoms with E-state index in [4.69, 9.17) is 21.1 Å². The molecule has 0 saturated carbocycles. The molecular weight excluding hydrogens is 456 g/mol. The largest absolute Gasteiger partial charge is 0.507 e. The number of amides is 1. The van der Waals surface area contributed by atoms with Crippen molar-refractivity contribution < 1.29 is 24.2 Å². The van der Waals surface area contributed by atoms with Gasteiger partial charge >= 0.3 is 0 Å². The van der Waals surface area contributed by atoms with Gasteiger partial charge in [-0.15, -0.1) is 0 Å². The maximum atomic E-state index is 13.2. The Balaban J connectivity index is 2.16. The molecule has 2 aromatic rings. The molecule has 1 fully saturated rings. The molecule has 0 bridgehead atoms. The van der Waals surface area contributed by atoms with Gasteiger partial charge < -0.3 is 24.4 Å². The summed E-state index contributed by atoms with van der Waals surface area (Å²) in [5.74, 6) is -0.609. The molecule has 1 N–H and O–H groups in total. The van der Waals surface area contributed by atoms with Crippen LogP contribution in [-0.2, 0) is 9.59 Å². The lowest BCUT2D eigenvalue weighted by atomic mass is 9.95. The maximum Gasteiger partial charge on any atom is 0.295 e. The van der Waals surface area contributed by atoms with Crippen molar-refractivity contribution in [3.8, 4) is 11.5 Å². The zero-order valence-corrected chi connectivity index (χ0v) is 20.8. The van der Waals surface area contributed by atoms with Crippen molar-refractivity contribution in [2.24, 2.45) is 0 Å². The van der Waals surface area contributed by atoms with Crippen LogP contribution in [0.5, 0.6) is 11.5 Å². The van der Waals surface area contributed by atoms with Crippen molar-refractivity contribution in [1.82, 2.24) is 9.80 Å². The van der Waals surface area contributed by atoms with Gasteiger partial charge in [0.2, 0.25) is 0 Å². The second kappa shape index (κ2) is 11.4. The summed E-state index contributed by atoms with van der Waals surface area (Å²) in [6.07, 6.45) is 0.847. The van der Waals surface area contributed by atoms with Crippen molar-refractivity contribution in [3.05, 3.63) is 64.2 Å². The van der Waals surface area contributed by atoms with E-state index >= 15 is 0 Å². The zero-order chi connectivity index (χ0) is 24.8. The average Bonchev–Trinajstić information content (AvgIpc) is 3.07. The number of nitrogens with zero attached hydrogens (tertiary/aromatic N) is 2. The van der Waals surface area contributed by atoms with Crippen LogP contribution in [0, 0.1) is 0 Å². The Hall–Kier alpha value is -3.03. The minimum Gasteiger partial charge on any atom is -0.507 e. The van der Waals surface area contributed by atoms with Gasteiger partial charge in [0, 0.05) is 18.7 Å². The minimum absolute atomic E-state index is 0.00746. The lowest BCUT2D eigenvalue weighted by Crippen LogP contribution is -2.35. The first kappa shape index (κ1) is 25.6. The maximum absolute atomic E-state index is 13.2. The number of hydrogen-bond donors (Lipinski definition) is 1. The van der Waals surface area contributed by atoms with Gasteiger partial charge in [-0.2, -0.15) is 0 Å². The number of carbonyl (C=O) groups is 2. The summed E-state index contributed by atoms with van der Waals surface area (Å²) in [5.41, 5.74) is 0.902. The quantitative estimate of drug-likeness (QED) is 0.302. The van der Waals surface area contributed by atoms with Crippen molar-refractivity contribution in [1.29, 1.82) is 0 Å². The number of rotatable bonds is 10. The highest BCUT2D eigenvalue weighted by Crippen LogP contribution is 2.41. The summed E-state index contributed by atoms with van der Waals surface area (Å²) in [6.45, 7) is 5.70. The summed E-state index contributed by atoms with van der Waals surface area (Å²) >= 11 is 6.38. The smallest absolute Gasteiger partial charge is 0.295 e. The Morgan fingerprint density at radius 2 is 1.82 bits per heavy atom. The molecule has 1 unspecified atom stereocenters. The number of aliphatic hydroxyl groups excluding tert-OH is 1. The average molecular weight is 487 g/mol. The Morgan fingerprint density at radius 3 is 2.50 bits per heavy atom. The first-order chi connectivity index (χ1) is 16.3. The lowest BCUT2D eigenvalue weighted by Gasteiger charge is -2.27. The lowest BCUT2D eigenvalue weighted by molar-refractivity contribution is -0.140. The van der Waals surface area contributed by atoms with Crippen LogP contribution in [0.25, 0.3) is 5.76 Å². The first-order valence-electron chi connectivity index (χ1n) is 11.4. The number of ether oxygens (including phenoxy) is 2. The molecule has 0 spiro atoms. The van der Waals surface area contributed by atoms with Crippen LogP contribution in [0.4, 0.5) is 0 Å². The molecule has 8 heteroatoms. The number of likely N-dealkylation sites (tertiary alicyclic amines) is 1. The van der Waals surface area contributed by atoms with Crippen molar-refractivity contribution >= 4 is 29.1 Å². The molecule has 2 aromatic carbocycles. The molecule has 7 nitrogen and oxygen atoms in total. The van der Waals surface area contributed by atoms with Crippen LogP contribution in [0.3, 0.4) is 0 Å². The number of halogens is 1. The molecule has 1 amide bonds. The van der Waals surface area contributed by atoms with E-state index in [2.05, 4.69) is 0 Å². The van der Waals surface area contributed by atoms with E-state index < -0.39 is 17.7 Å². The molecule has 0 radical (unpaired) electrons. The Morgan fingerprint density at radius 1 is 1.09 bits per heavy atom. The van der Waals surface area contributed by atoms with Gasteiger partial charge in [0.25, 0.3) is 11.7 Å². The third-order valence-electron chi connectivity index (χ3n) is 5.48. The van der Waals surface area contributed by atoms with Gasteiger partial charge in [0.1, 0.15) is 17.3 Å². The predicted octanol–water partition coefficient (Wildman–Crippen LogP) is 4.51. The van der Waals surface area contributed by atoms with Gasteiger partial charge in [-0.3, -0.25) is 9.59 Å². The van der Waals surface area contributed by atoms with Gasteiger partial charge in [-0.25, -0.2) is 0 Å². The first-order valence-corrected chi connectivity index (χ1v) is 11.7. The Labute approximate surface area is 205 Å². The number of carbonyl (C=O) groups excluding carboxylic acids is 2. The summed E-state index contributed by atoms with van der Waals surface area (Å²) in [6, 6.07) is 11.3. The molecule has 3 rings (SSSR count). The SMILES string of the molecule is CCCOc1cccc(C2/C(=C(\O)c3cc(OCC)ccc3Cl)C(=O)C(=O)N2CCN(C)C)c1. The van der Waals surface area contributed by atoms with E-state index in [0.29, 0.717) is 43.4 Å². The third-order valence-corrected chi connectivity index (χ3v) is 5.81. The number of aliphatic hydroxyl groups is 1. The summed E-state index contributed by atoms with van der Waals surface area (Å²) < 4.78 is 11.3. The second-order valence-electron chi connectivity index (χ2n) is 8.29. The van der Waals surface area contributed by atoms with Crippen LogP contribution in [-0.4, -0.2) is 67.0 Å². The fourth-order valence-electron chi connectivity index (χ4n) is 3.85. The Bertz CT molecular complexity index is 1080. The van der Waals surface area contributed by atoms with E-state index in [0.717, 1.165) is 6.42 Å². The fourth-order valence-corrected chi connectivity index (χ4v) is 4.05. The highest BCUT2D eigenvalue weighted by molar-refractivity contribution is 6.47. The van der Waals surface area contributed by atoms with Gasteiger partial charge in [0.15, 0.2) is 0 Å². The molecule has 34 heavy (non-hydrogen) atoms. The summed E-state index contributed by atoms with van der Waals surface area (Å²) in [5, 5.41) is 11.6. The van der Waals surface area contributed by atoms with Crippen LogP contribution >= 0.6 is 11.6 Å². The molecule has 1 aliphatic rings. The van der Waals surface area contributed by atoms with Gasteiger partial charge in [0.05, 0.1) is 29.9 Å². The number of hydrogen-bond acceptors (Lipinski definition) is 6. The zero-order valence-electron chi connectivity index (χ0n) is 20.0. The molecule has 0 aliphatic carbocycles. The Kier molecular flexibility index (Phi) is 8.58. The van der Waals surface area contributed by atoms with Crippen molar-refractivity contribution in [3.63, 3.8) is 0 Å². The van der Waals surface area contributed by atoms with E-state index in [-0.39, 0.29) is 21.9 Å². The van der Waals surface area contributed by atoms with E-state index in [9.17, 15) is 14.7 Å². The second-order valence-corrected chi connectivity index (χ2v) is 8.70.